The summed E-state index contributed by atoms with van der Waals surface area (Å²) in [6.07, 6.45) is 4.87. The summed E-state index contributed by atoms with van der Waals surface area (Å²) in [5.41, 5.74) is 3.50. The number of carboxylic acid groups (broad SMARTS) is 1. The van der Waals surface area contributed by atoms with Crippen LogP contribution < -0.4 is 10.6 Å². The van der Waals surface area contributed by atoms with E-state index in [9.17, 15) is 19.5 Å². The minimum Gasteiger partial charge on any atom is -0.480 e. The van der Waals surface area contributed by atoms with E-state index in [4.69, 9.17) is 0 Å². The van der Waals surface area contributed by atoms with Gasteiger partial charge < -0.3 is 25.7 Å². The number of aromatic nitrogens is 2. The highest BCUT2D eigenvalue weighted by atomic mass is 16.4. The molecule has 0 radical (unpaired) electrons. The van der Waals surface area contributed by atoms with Crippen molar-refractivity contribution in [2.75, 3.05) is 0 Å². The van der Waals surface area contributed by atoms with E-state index in [-0.39, 0.29) is 25.2 Å². The zero-order chi connectivity index (χ0) is 24.1. The summed E-state index contributed by atoms with van der Waals surface area (Å²) in [6.45, 7) is 1.88. The van der Waals surface area contributed by atoms with E-state index in [2.05, 4.69) is 20.6 Å². The fourth-order valence-electron chi connectivity index (χ4n) is 4.22. The van der Waals surface area contributed by atoms with Gasteiger partial charge in [0, 0.05) is 53.5 Å². The number of amides is 2. The molecule has 0 saturated carbocycles. The number of hydrogen-bond donors (Lipinski definition) is 5. The third-order valence-corrected chi connectivity index (χ3v) is 5.94. The van der Waals surface area contributed by atoms with Gasteiger partial charge in [-0.25, -0.2) is 4.79 Å². The summed E-state index contributed by atoms with van der Waals surface area (Å²) in [5.74, 6) is -1.91. The Morgan fingerprint density at radius 2 is 1.35 bits per heavy atom. The van der Waals surface area contributed by atoms with Crippen molar-refractivity contribution in [1.29, 1.82) is 0 Å². The lowest BCUT2D eigenvalue weighted by Crippen LogP contribution is -2.53. The average Bonchev–Trinajstić information content (AvgIpc) is 3.42. The second-order valence-electron chi connectivity index (χ2n) is 8.40. The van der Waals surface area contributed by atoms with E-state index in [0.29, 0.717) is 6.42 Å². The van der Waals surface area contributed by atoms with Crippen molar-refractivity contribution in [2.45, 2.75) is 44.7 Å². The first-order chi connectivity index (χ1) is 16.5. The third-order valence-electron chi connectivity index (χ3n) is 5.94. The number of rotatable bonds is 10. The standard InChI is InChI=1S/C26H28N4O4/c1-2-7-24(31)29-22(12-16-14-27-20-10-5-3-8-18(16)20)25(32)30-23(26(33)34)13-17-15-28-21-11-6-4-9-19(17)21/h3-6,8-11,14-15,22-23,27-28H,2,7,12-13H2,1H3,(H,29,31)(H,30,32)(H,33,34). The highest BCUT2D eigenvalue weighted by Gasteiger charge is 2.28. The zero-order valence-electron chi connectivity index (χ0n) is 18.9. The number of H-pyrrole nitrogens is 2. The molecule has 2 unspecified atom stereocenters. The molecule has 0 saturated heterocycles. The quantitative estimate of drug-likeness (QED) is 0.249. The van der Waals surface area contributed by atoms with E-state index in [1.54, 1.807) is 6.20 Å². The smallest absolute Gasteiger partial charge is 0.326 e. The molecule has 0 aliphatic rings. The lowest BCUT2D eigenvalue weighted by molar-refractivity contribution is -0.142. The van der Waals surface area contributed by atoms with Crippen molar-refractivity contribution < 1.29 is 19.5 Å². The number of carbonyl (C=O) groups excluding carboxylic acids is 2. The fourth-order valence-corrected chi connectivity index (χ4v) is 4.22. The molecule has 2 amide bonds. The van der Waals surface area contributed by atoms with Gasteiger partial charge in [0.05, 0.1) is 0 Å². The van der Waals surface area contributed by atoms with Crippen molar-refractivity contribution in [3.05, 3.63) is 72.1 Å². The van der Waals surface area contributed by atoms with Crippen LogP contribution >= 0.6 is 0 Å². The summed E-state index contributed by atoms with van der Waals surface area (Å²) in [5, 5.41) is 17.1. The Kier molecular flexibility index (Phi) is 6.96. The Labute approximate surface area is 196 Å². The van der Waals surface area contributed by atoms with Crippen molar-refractivity contribution in [3.8, 4) is 0 Å². The first-order valence-electron chi connectivity index (χ1n) is 11.4. The molecule has 2 aromatic carbocycles. The lowest BCUT2D eigenvalue weighted by Gasteiger charge is -2.21. The predicted molar refractivity (Wildman–Crippen MR) is 130 cm³/mol. The lowest BCUT2D eigenvalue weighted by atomic mass is 10.0. The maximum absolute atomic E-state index is 13.2. The number of para-hydroxylation sites is 2. The van der Waals surface area contributed by atoms with Crippen LogP contribution in [0.3, 0.4) is 0 Å². The molecule has 0 aliphatic carbocycles. The minimum atomic E-state index is -1.14. The minimum absolute atomic E-state index is 0.119. The molecule has 0 fully saturated rings. The van der Waals surface area contributed by atoms with Gasteiger partial charge in [-0.2, -0.15) is 0 Å². The molecular formula is C26H28N4O4. The second-order valence-corrected chi connectivity index (χ2v) is 8.40. The van der Waals surface area contributed by atoms with E-state index in [0.717, 1.165) is 32.9 Å². The first kappa shape index (κ1) is 23.1. The van der Waals surface area contributed by atoms with Crippen LogP contribution in [-0.2, 0) is 27.2 Å². The van der Waals surface area contributed by atoms with Crippen LogP contribution in [0.25, 0.3) is 21.8 Å². The number of hydrogen-bond acceptors (Lipinski definition) is 3. The van der Waals surface area contributed by atoms with Crippen molar-refractivity contribution in [2.24, 2.45) is 0 Å². The second kappa shape index (κ2) is 10.2. The van der Waals surface area contributed by atoms with Crippen LogP contribution in [-0.4, -0.2) is 44.9 Å². The largest absolute Gasteiger partial charge is 0.480 e. The number of nitrogens with one attached hydrogen (secondary N) is 4. The SMILES string of the molecule is CCCC(=O)NC(Cc1c[nH]c2ccccc12)C(=O)NC(Cc1c[nH]c2ccccc12)C(=O)O. The average molecular weight is 461 g/mol. The summed E-state index contributed by atoms with van der Waals surface area (Å²) in [7, 11) is 0. The van der Waals surface area contributed by atoms with Crippen molar-refractivity contribution >= 4 is 39.6 Å². The molecule has 34 heavy (non-hydrogen) atoms. The van der Waals surface area contributed by atoms with Gasteiger partial charge in [-0.15, -0.1) is 0 Å². The van der Waals surface area contributed by atoms with Crippen LogP contribution in [0, 0.1) is 0 Å². The molecule has 0 spiro atoms. The molecule has 2 atom stereocenters. The highest BCUT2D eigenvalue weighted by Crippen LogP contribution is 2.21. The van der Waals surface area contributed by atoms with Gasteiger partial charge in [-0.05, 0) is 29.7 Å². The molecule has 2 heterocycles. The third kappa shape index (κ3) is 5.11. The van der Waals surface area contributed by atoms with E-state index < -0.39 is 24.0 Å². The van der Waals surface area contributed by atoms with Gasteiger partial charge in [-0.3, -0.25) is 9.59 Å². The predicted octanol–water partition coefficient (Wildman–Crippen LogP) is 3.29. The summed E-state index contributed by atoms with van der Waals surface area (Å²) in [6, 6.07) is 13.3. The van der Waals surface area contributed by atoms with E-state index >= 15 is 0 Å². The van der Waals surface area contributed by atoms with Gasteiger partial charge in [-0.1, -0.05) is 43.3 Å². The van der Waals surface area contributed by atoms with E-state index in [1.165, 1.54) is 0 Å². The Morgan fingerprint density at radius 3 is 1.88 bits per heavy atom. The van der Waals surface area contributed by atoms with Gasteiger partial charge >= 0.3 is 5.97 Å². The van der Waals surface area contributed by atoms with Crippen LogP contribution in [0.1, 0.15) is 30.9 Å². The molecule has 5 N–H and O–H groups in total. The molecule has 0 bridgehead atoms. The molecule has 4 aromatic rings. The monoisotopic (exact) mass is 460 g/mol. The van der Waals surface area contributed by atoms with Crippen LogP contribution in [0.5, 0.6) is 0 Å². The number of benzene rings is 2. The maximum atomic E-state index is 13.2. The molecular weight excluding hydrogens is 432 g/mol. The Morgan fingerprint density at radius 1 is 0.824 bits per heavy atom. The Bertz CT molecular complexity index is 1320. The van der Waals surface area contributed by atoms with Gasteiger partial charge in [0.1, 0.15) is 12.1 Å². The number of fused-ring (bicyclic) bond motifs is 2. The summed E-state index contributed by atoms with van der Waals surface area (Å²) >= 11 is 0. The van der Waals surface area contributed by atoms with Crippen molar-refractivity contribution in [3.63, 3.8) is 0 Å². The fraction of sp³-hybridized carbons (Fsp3) is 0.269. The van der Waals surface area contributed by atoms with Gasteiger partial charge in [0.2, 0.25) is 11.8 Å². The van der Waals surface area contributed by atoms with Crippen molar-refractivity contribution in [1.82, 2.24) is 20.6 Å². The summed E-state index contributed by atoms with van der Waals surface area (Å²) in [4.78, 5) is 43.9. The zero-order valence-corrected chi connectivity index (χ0v) is 18.9. The number of carboxylic acids is 1. The number of aliphatic carboxylic acids is 1. The summed E-state index contributed by atoms with van der Waals surface area (Å²) < 4.78 is 0. The molecule has 2 aromatic heterocycles. The van der Waals surface area contributed by atoms with Gasteiger partial charge in [0.25, 0.3) is 0 Å². The molecule has 8 nitrogen and oxygen atoms in total. The normalized spacial score (nSPS) is 13.0. The first-order valence-corrected chi connectivity index (χ1v) is 11.4. The van der Waals surface area contributed by atoms with Gasteiger partial charge in [0.15, 0.2) is 0 Å². The maximum Gasteiger partial charge on any atom is 0.326 e. The number of carbonyl (C=O) groups is 3. The molecule has 0 aliphatic heterocycles. The molecule has 176 valence electrons. The van der Waals surface area contributed by atoms with Crippen LogP contribution in [0.2, 0.25) is 0 Å². The Balaban J connectivity index is 1.54. The topological polar surface area (TPSA) is 127 Å². The molecule has 4 rings (SSSR count). The van der Waals surface area contributed by atoms with E-state index in [1.807, 2.05) is 61.7 Å². The Hall–Kier alpha value is -4.07. The van der Waals surface area contributed by atoms with Crippen LogP contribution in [0.15, 0.2) is 60.9 Å². The highest BCUT2D eigenvalue weighted by molar-refractivity contribution is 5.92. The number of aromatic amines is 2. The molecule has 8 heteroatoms. The van der Waals surface area contributed by atoms with Crippen LogP contribution in [0.4, 0.5) is 0 Å².